The summed E-state index contributed by atoms with van der Waals surface area (Å²) in [5.74, 6) is 0. The van der Waals surface area contributed by atoms with Crippen molar-refractivity contribution in [1.82, 2.24) is 9.55 Å². The molecule has 0 saturated carbocycles. The Labute approximate surface area is 140 Å². The lowest BCUT2D eigenvalue weighted by molar-refractivity contribution is 0.222. The van der Waals surface area contributed by atoms with E-state index in [0.29, 0.717) is 6.42 Å². The number of aromatic nitrogens is 2. The monoisotopic (exact) mass is 422 g/mol. The predicted octanol–water partition coefficient (Wildman–Crippen LogP) is 0.119. The van der Waals surface area contributed by atoms with Gasteiger partial charge in [0.05, 0.1) is 6.16 Å². The normalized spacial score (nSPS) is 17.0. The molecule has 16 heteroatoms. The van der Waals surface area contributed by atoms with Crippen LogP contribution in [0.3, 0.4) is 0 Å². The van der Waals surface area contributed by atoms with E-state index in [9.17, 15) is 28.2 Å². The summed E-state index contributed by atoms with van der Waals surface area (Å²) in [4.78, 5) is 60.4. The van der Waals surface area contributed by atoms with Crippen molar-refractivity contribution in [3.05, 3.63) is 33.1 Å². The second-order valence-electron chi connectivity index (χ2n) is 4.82. The van der Waals surface area contributed by atoms with E-state index in [-0.39, 0.29) is 19.4 Å². The van der Waals surface area contributed by atoms with Crippen molar-refractivity contribution in [2.75, 3.05) is 6.16 Å². The molecule has 0 radical (unpaired) electrons. The van der Waals surface area contributed by atoms with E-state index in [1.165, 1.54) is 6.20 Å². The Morgan fingerprint density at radius 2 is 1.64 bits per heavy atom. The van der Waals surface area contributed by atoms with Crippen molar-refractivity contribution in [1.29, 1.82) is 0 Å². The Kier molecular flexibility index (Phi) is 7.70. The van der Waals surface area contributed by atoms with Gasteiger partial charge in [0.2, 0.25) is 0 Å². The fourth-order valence-electron chi connectivity index (χ4n) is 1.77. The van der Waals surface area contributed by atoms with Crippen molar-refractivity contribution in [2.45, 2.75) is 25.8 Å². The van der Waals surface area contributed by atoms with E-state index in [1.807, 2.05) is 0 Å². The number of nitrogens with one attached hydrogen (secondary N) is 1. The van der Waals surface area contributed by atoms with E-state index in [4.69, 9.17) is 14.7 Å². The molecule has 0 amide bonds. The van der Waals surface area contributed by atoms with Crippen LogP contribution >= 0.6 is 23.2 Å². The van der Waals surface area contributed by atoms with Crippen molar-refractivity contribution >= 4 is 23.2 Å². The number of phosphoric acid groups is 2. The van der Waals surface area contributed by atoms with Crippen molar-refractivity contribution in [3.63, 3.8) is 0 Å². The van der Waals surface area contributed by atoms with Crippen LogP contribution in [0.4, 0.5) is 0 Å². The van der Waals surface area contributed by atoms with Gasteiger partial charge in [0.15, 0.2) is 0 Å². The first-order valence-electron chi connectivity index (χ1n) is 6.73. The molecule has 2 unspecified atom stereocenters. The van der Waals surface area contributed by atoms with Crippen LogP contribution < -0.4 is 11.2 Å². The Morgan fingerprint density at radius 3 is 2.20 bits per heavy atom. The van der Waals surface area contributed by atoms with E-state index >= 15 is 0 Å². The van der Waals surface area contributed by atoms with Crippen LogP contribution in [0.2, 0.25) is 0 Å². The minimum absolute atomic E-state index is 0.0170. The summed E-state index contributed by atoms with van der Waals surface area (Å²) in [5, 5.41) is 0. The zero-order chi connectivity index (χ0) is 19.3. The molecule has 5 N–H and O–H groups in total. The molecular weight excluding hydrogens is 405 g/mol. The molecule has 1 heterocycles. The van der Waals surface area contributed by atoms with Gasteiger partial charge in [-0.25, -0.2) is 18.2 Å². The van der Waals surface area contributed by atoms with Crippen molar-refractivity contribution in [3.8, 4) is 0 Å². The standard InChI is InChI=1S/C9H17N2O11P3/c12-8-4-5-10-9(13)11(8)6-2-1-3-7-23(14,15)21-25(19,20)22-24(16,17)18/h4-5H,1-3,6-7H2,(H,10,13)(H,14,15)(H,19,20)(H2,16,17,18). The highest BCUT2D eigenvalue weighted by Crippen LogP contribution is 2.66. The van der Waals surface area contributed by atoms with Gasteiger partial charge in [-0.2, -0.15) is 4.31 Å². The summed E-state index contributed by atoms with van der Waals surface area (Å²) in [7, 11) is -15.5. The third kappa shape index (κ3) is 8.87. The van der Waals surface area contributed by atoms with E-state index in [0.717, 1.165) is 10.6 Å². The van der Waals surface area contributed by atoms with Crippen LogP contribution in [-0.4, -0.2) is 35.3 Å². The van der Waals surface area contributed by atoms with Crippen LogP contribution in [0, 0.1) is 0 Å². The lowest BCUT2D eigenvalue weighted by Crippen LogP contribution is -2.33. The van der Waals surface area contributed by atoms with Crippen LogP contribution in [-0.2, 0) is 28.9 Å². The summed E-state index contributed by atoms with van der Waals surface area (Å²) in [6.45, 7) is 0.0609. The molecule has 1 aromatic heterocycles. The molecule has 0 aliphatic heterocycles. The molecule has 25 heavy (non-hydrogen) atoms. The lowest BCUT2D eigenvalue weighted by atomic mass is 10.2. The number of hydrogen-bond acceptors (Lipinski definition) is 7. The number of rotatable bonds is 10. The van der Waals surface area contributed by atoms with Gasteiger partial charge in [0, 0.05) is 18.8 Å². The molecule has 0 fully saturated rings. The molecular formula is C9H17N2O11P3. The maximum atomic E-state index is 11.6. The van der Waals surface area contributed by atoms with Gasteiger partial charge in [-0.3, -0.25) is 13.9 Å². The van der Waals surface area contributed by atoms with E-state index in [2.05, 4.69) is 13.6 Å². The van der Waals surface area contributed by atoms with Gasteiger partial charge in [0.1, 0.15) is 0 Å². The lowest BCUT2D eigenvalue weighted by Gasteiger charge is -2.16. The quantitative estimate of drug-likeness (QED) is 0.253. The molecule has 0 bridgehead atoms. The third-order valence-corrected chi connectivity index (χ3v) is 7.11. The van der Waals surface area contributed by atoms with Gasteiger partial charge >= 0.3 is 28.9 Å². The second kappa shape index (κ2) is 8.68. The predicted molar refractivity (Wildman–Crippen MR) is 83.9 cm³/mol. The minimum atomic E-state index is -5.42. The van der Waals surface area contributed by atoms with Gasteiger partial charge in [-0.1, -0.05) is 6.42 Å². The Morgan fingerprint density at radius 1 is 1.00 bits per heavy atom. The molecule has 1 aromatic rings. The zero-order valence-electron chi connectivity index (χ0n) is 12.6. The summed E-state index contributed by atoms with van der Waals surface area (Å²) in [5.41, 5.74) is -1.10. The summed E-state index contributed by atoms with van der Waals surface area (Å²) >= 11 is 0. The highest BCUT2D eigenvalue weighted by molar-refractivity contribution is 7.68. The number of unbranched alkanes of at least 4 members (excludes halogenated alkanes) is 2. The van der Waals surface area contributed by atoms with Crippen molar-refractivity contribution in [2.24, 2.45) is 0 Å². The first-order valence-corrected chi connectivity index (χ1v) is 11.5. The van der Waals surface area contributed by atoms with Crippen LogP contribution in [0.5, 0.6) is 0 Å². The summed E-state index contributed by atoms with van der Waals surface area (Å²) in [6, 6.07) is 1.16. The largest absolute Gasteiger partial charge is 0.488 e. The van der Waals surface area contributed by atoms with E-state index in [1.54, 1.807) is 0 Å². The molecule has 0 aliphatic rings. The topological polar surface area (TPSA) is 205 Å². The number of hydrogen-bond donors (Lipinski definition) is 5. The SMILES string of the molecule is O=c1cc[nH]c(=O)n1CCCCCP(=O)(O)OP(=O)(O)OP(=O)(O)O. The molecule has 0 aliphatic carbocycles. The highest BCUT2D eigenvalue weighted by Gasteiger charge is 2.39. The minimum Gasteiger partial charge on any atom is -0.324 e. The van der Waals surface area contributed by atoms with Crippen molar-refractivity contribution < 1.29 is 41.9 Å². The summed E-state index contributed by atoms with van der Waals surface area (Å²) < 4.78 is 41.5. The Bertz CT molecular complexity index is 811. The first-order chi connectivity index (χ1) is 11.3. The van der Waals surface area contributed by atoms with Gasteiger partial charge in [-0.05, 0) is 12.8 Å². The number of nitrogens with zero attached hydrogens (tertiary/aromatic N) is 1. The average Bonchev–Trinajstić information content (AvgIpc) is 2.36. The Balaban J connectivity index is 2.46. The zero-order valence-corrected chi connectivity index (χ0v) is 15.3. The van der Waals surface area contributed by atoms with Gasteiger partial charge < -0.3 is 24.6 Å². The molecule has 144 valence electrons. The van der Waals surface area contributed by atoms with E-state index < -0.39 is 40.7 Å². The first kappa shape index (κ1) is 22.2. The van der Waals surface area contributed by atoms with Gasteiger partial charge in [0.25, 0.3) is 5.56 Å². The molecule has 13 nitrogen and oxygen atoms in total. The average molecular weight is 422 g/mol. The molecule has 2 atom stereocenters. The van der Waals surface area contributed by atoms with Crippen LogP contribution in [0.15, 0.2) is 21.9 Å². The van der Waals surface area contributed by atoms with Crippen LogP contribution in [0.1, 0.15) is 19.3 Å². The molecule has 1 rings (SSSR count). The third-order valence-electron chi connectivity index (χ3n) is 2.71. The fourth-order valence-corrected chi connectivity index (χ4v) is 5.48. The highest BCUT2D eigenvalue weighted by atomic mass is 31.3. The number of H-pyrrole nitrogens is 1. The van der Waals surface area contributed by atoms with Crippen LogP contribution in [0.25, 0.3) is 0 Å². The smallest absolute Gasteiger partial charge is 0.324 e. The van der Waals surface area contributed by atoms with Gasteiger partial charge in [-0.15, -0.1) is 0 Å². The number of aromatic amines is 1. The maximum Gasteiger partial charge on any atom is 0.488 e. The maximum absolute atomic E-state index is 11.6. The molecule has 0 saturated heterocycles. The summed E-state index contributed by atoms with van der Waals surface area (Å²) in [6.07, 6.45) is 1.19. The second-order valence-corrected chi connectivity index (χ2v) is 9.76. The Hall–Kier alpha value is -0.870. The molecule has 0 spiro atoms. The molecule has 0 aromatic carbocycles. The fraction of sp³-hybridized carbons (Fsp3) is 0.556.